The minimum atomic E-state index is -1.22. The van der Waals surface area contributed by atoms with Gasteiger partial charge in [-0.1, -0.05) is 0 Å². The molecule has 0 saturated heterocycles. The smallest absolute Gasteiger partial charge is 0.335 e. The van der Waals surface area contributed by atoms with Crippen LogP contribution in [-0.4, -0.2) is 36.7 Å². The van der Waals surface area contributed by atoms with Crippen LogP contribution in [0.25, 0.3) is 0 Å². The lowest BCUT2D eigenvalue weighted by atomic mass is 10.1. The lowest BCUT2D eigenvalue weighted by Gasteiger charge is -2.06. The SMILES string of the molecule is COc1ccc(C(=O)COC(=O)[C@H](C)O)cc1. The highest BCUT2D eigenvalue weighted by Gasteiger charge is 2.13. The minimum Gasteiger partial charge on any atom is -0.497 e. The number of aliphatic hydroxyl groups excluding tert-OH is 1. The molecule has 1 N–H and O–H groups in total. The van der Waals surface area contributed by atoms with Gasteiger partial charge in [-0.15, -0.1) is 0 Å². The summed E-state index contributed by atoms with van der Waals surface area (Å²) in [6.45, 7) is 0.899. The molecule has 92 valence electrons. The Bertz CT molecular complexity index is 394. The zero-order valence-corrected chi connectivity index (χ0v) is 9.67. The number of Topliss-reactive ketones (excluding diaryl/α,β-unsaturated/α-hetero) is 1. The number of benzene rings is 1. The second-order valence-corrected chi connectivity index (χ2v) is 3.44. The van der Waals surface area contributed by atoms with E-state index in [-0.39, 0.29) is 12.4 Å². The molecule has 0 aliphatic carbocycles. The summed E-state index contributed by atoms with van der Waals surface area (Å²) < 4.78 is 9.56. The quantitative estimate of drug-likeness (QED) is 0.606. The number of esters is 1. The van der Waals surface area contributed by atoms with Crippen LogP contribution in [-0.2, 0) is 9.53 Å². The van der Waals surface area contributed by atoms with Gasteiger partial charge in [0.15, 0.2) is 12.4 Å². The summed E-state index contributed by atoms with van der Waals surface area (Å²) in [6, 6.07) is 6.45. The number of rotatable bonds is 5. The van der Waals surface area contributed by atoms with Crippen molar-refractivity contribution in [2.24, 2.45) is 0 Å². The minimum absolute atomic E-state index is 0.332. The van der Waals surface area contributed by atoms with Crippen molar-refractivity contribution in [2.75, 3.05) is 13.7 Å². The fourth-order valence-electron chi connectivity index (χ4n) is 1.12. The van der Waals surface area contributed by atoms with E-state index in [9.17, 15) is 9.59 Å². The number of ketones is 1. The number of ether oxygens (including phenoxy) is 2. The van der Waals surface area contributed by atoms with Crippen LogP contribution in [0.2, 0.25) is 0 Å². The Balaban J connectivity index is 2.55. The first-order chi connectivity index (χ1) is 8.04. The highest BCUT2D eigenvalue weighted by Crippen LogP contribution is 2.11. The second-order valence-electron chi connectivity index (χ2n) is 3.44. The van der Waals surface area contributed by atoms with Crippen molar-refractivity contribution in [1.29, 1.82) is 0 Å². The van der Waals surface area contributed by atoms with Gasteiger partial charge in [0.25, 0.3) is 0 Å². The topological polar surface area (TPSA) is 72.8 Å². The highest BCUT2D eigenvalue weighted by molar-refractivity contribution is 5.98. The fraction of sp³-hybridized carbons (Fsp3) is 0.333. The molecule has 0 radical (unpaired) electrons. The molecule has 0 spiro atoms. The van der Waals surface area contributed by atoms with Crippen LogP contribution in [0.15, 0.2) is 24.3 Å². The fourth-order valence-corrected chi connectivity index (χ4v) is 1.12. The summed E-state index contributed by atoms with van der Waals surface area (Å²) in [4.78, 5) is 22.5. The molecule has 5 heteroatoms. The summed E-state index contributed by atoms with van der Waals surface area (Å²) in [5.74, 6) is -0.504. The number of carbonyl (C=O) groups is 2. The molecule has 0 saturated carbocycles. The van der Waals surface area contributed by atoms with E-state index < -0.39 is 12.1 Å². The Hall–Kier alpha value is -1.88. The first-order valence-electron chi connectivity index (χ1n) is 5.06. The van der Waals surface area contributed by atoms with Crippen LogP contribution in [0.4, 0.5) is 0 Å². The number of aliphatic hydroxyl groups is 1. The maximum atomic E-state index is 11.6. The molecule has 0 amide bonds. The molecule has 0 aliphatic rings. The van der Waals surface area contributed by atoms with E-state index in [4.69, 9.17) is 9.84 Å². The van der Waals surface area contributed by atoms with Crippen molar-refractivity contribution in [1.82, 2.24) is 0 Å². The molecule has 0 aliphatic heterocycles. The molecule has 17 heavy (non-hydrogen) atoms. The number of hydrogen-bond acceptors (Lipinski definition) is 5. The maximum Gasteiger partial charge on any atom is 0.335 e. The number of carbonyl (C=O) groups excluding carboxylic acids is 2. The number of methoxy groups -OCH3 is 1. The third kappa shape index (κ3) is 3.88. The van der Waals surface area contributed by atoms with E-state index in [1.165, 1.54) is 14.0 Å². The van der Waals surface area contributed by atoms with Gasteiger partial charge in [-0.05, 0) is 31.2 Å². The van der Waals surface area contributed by atoms with Crippen molar-refractivity contribution in [2.45, 2.75) is 13.0 Å². The molecular weight excluding hydrogens is 224 g/mol. The third-order valence-electron chi connectivity index (χ3n) is 2.10. The standard InChI is InChI=1S/C12H14O5/c1-8(13)12(15)17-7-11(14)9-3-5-10(16-2)6-4-9/h3-6,8,13H,7H2,1-2H3/t8-/m0/s1. The first kappa shape index (κ1) is 13.2. The third-order valence-corrected chi connectivity index (χ3v) is 2.10. The number of hydrogen-bond donors (Lipinski definition) is 1. The van der Waals surface area contributed by atoms with E-state index in [0.717, 1.165) is 0 Å². The Morgan fingerprint density at radius 3 is 2.35 bits per heavy atom. The summed E-state index contributed by atoms with van der Waals surface area (Å²) in [7, 11) is 1.53. The molecule has 0 bridgehead atoms. The maximum absolute atomic E-state index is 11.6. The Morgan fingerprint density at radius 2 is 1.88 bits per heavy atom. The van der Waals surface area contributed by atoms with Crippen LogP contribution in [0, 0.1) is 0 Å². The van der Waals surface area contributed by atoms with Crippen molar-refractivity contribution in [3.8, 4) is 5.75 Å². The van der Waals surface area contributed by atoms with Crippen LogP contribution in [0.3, 0.4) is 0 Å². The van der Waals surface area contributed by atoms with Gasteiger partial charge in [-0.3, -0.25) is 4.79 Å². The zero-order chi connectivity index (χ0) is 12.8. The largest absolute Gasteiger partial charge is 0.497 e. The molecular formula is C12H14O5. The summed E-state index contributed by atoms with van der Waals surface area (Å²) in [6.07, 6.45) is -1.22. The van der Waals surface area contributed by atoms with Gasteiger partial charge in [0.2, 0.25) is 0 Å². The average molecular weight is 238 g/mol. The Labute approximate surface area is 99.0 Å². The van der Waals surface area contributed by atoms with Crippen LogP contribution >= 0.6 is 0 Å². The molecule has 0 unspecified atom stereocenters. The summed E-state index contributed by atoms with van der Waals surface area (Å²) in [5.41, 5.74) is 0.421. The molecule has 1 atom stereocenters. The van der Waals surface area contributed by atoms with Gasteiger partial charge in [-0.25, -0.2) is 4.79 Å². The highest BCUT2D eigenvalue weighted by atomic mass is 16.5. The lowest BCUT2D eigenvalue weighted by molar-refractivity contribution is -0.151. The van der Waals surface area contributed by atoms with Gasteiger partial charge in [-0.2, -0.15) is 0 Å². The van der Waals surface area contributed by atoms with Crippen LogP contribution < -0.4 is 4.74 Å². The van der Waals surface area contributed by atoms with Gasteiger partial charge < -0.3 is 14.6 Å². The second kappa shape index (κ2) is 6.00. The summed E-state index contributed by atoms with van der Waals surface area (Å²) >= 11 is 0. The van der Waals surface area contributed by atoms with Gasteiger partial charge in [0, 0.05) is 5.56 Å². The van der Waals surface area contributed by atoms with Gasteiger partial charge in [0.1, 0.15) is 11.9 Å². The first-order valence-corrected chi connectivity index (χ1v) is 5.06. The van der Waals surface area contributed by atoms with Crippen LogP contribution in [0.1, 0.15) is 17.3 Å². The zero-order valence-electron chi connectivity index (χ0n) is 9.67. The van der Waals surface area contributed by atoms with Crippen molar-refractivity contribution in [3.63, 3.8) is 0 Å². The molecule has 1 rings (SSSR count). The predicted molar refractivity (Wildman–Crippen MR) is 60.0 cm³/mol. The molecule has 5 nitrogen and oxygen atoms in total. The van der Waals surface area contributed by atoms with Gasteiger partial charge >= 0.3 is 5.97 Å². The lowest BCUT2D eigenvalue weighted by Crippen LogP contribution is -2.22. The average Bonchev–Trinajstić information content (AvgIpc) is 2.35. The molecule has 1 aromatic carbocycles. The summed E-state index contributed by atoms with van der Waals surface area (Å²) in [5, 5.41) is 8.87. The van der Waals surface area contributed by atoms with E-state index in [0.29, 0.717) is 11.3 Å². The van der Waals surface area contributed by atoms with E-state index in [1.54, 1.807) is 24.3 Å². The Morgan fingerprint density at radius 1 is 1.29 bits per heavy atom. The molecule has 1 aromatic rings. The van der Waals surface area contributed by atoms with Crippen LogP contribution in [0.5, 0.6) is 5.75 Å². The van der Waals surface area contributed by atoms with Crippen molar-refractivity contribution < 1.29 is 24.2 Å². The molecule has 0 aromatic heterocycles. The normalized spacial score (nSPS) is 11.7. The monoisotopic (exact) mass is 238 g/mol. The van der Waals surface area contributed by atoms with Crippen molar-refractivity contribution in [3.05, 3.63) is 29.8 Å². The van der Waals surface area contributed by atoms with E-state index in [1.807, 2.05) is 0 Å². The van der Waals surface area contributed by atoms with E-state index >= 15 is 0 Å². The van der Waals surface area contributed by atoms with Crippen molar-refractivity contribution >= 4 is 11.8 Å². The Kier molecular flexibility index (Phi) is 4.66. The van der Waals surface area contributed by atoms with E-state index in [2.05, 4.69) is 4.74 Å². The van der Waals surface area contributed by atoms with Gasteiger partial charge in [0.05, 0.1) is 7.11 Å². The predicted octanol–water partition coefficient (Wildman–Crippen LogP) is 0.802. The molecule has 0 fully saturated rings. The molecule has 0 heterocycles.